The first-order chi connectivity index (χ1) is 43.0. The summed E-state index contributed by atoms with van der Waals surface area (Å²) >= 11 is 0. The van der Waals surface area contributed by atoms with Crippen LogP contribution in [0.1, 0.15) is 425 Å². The molecule has 0 fully saturated rings. The summed E-state index contributed by atoms with van der Waals surface area (Å²) in [6.07, 6.45) is 88.0. The highest BCUT2D eigenvalue weighted by atomic mass is 31.2. The summed E-state index contributed by atoms with van der Waals surface area (Å²) in [5, 5.41) is 0. The van der Waals surface area contributed by atoms with E-state index in [2.05, 4.69) is 26.0 Å². The van der Waals surface area contributed by atoms with E-state index in [1.54, 1.807) is 0 Å². The third kappa shape index (κ3) is 73.8. The summed E-state index contributed by atoms with van der Waals surface area (Å²) in [6, 6.07) is 0. The van der Waals surface area contributed by atoms with Crippen LogP contribution in [0.4, 0.5) is 0 Å². The predicted octanol–water partition coefficient (Wildman–Crippen LogP) is 25.8. The first-order valence-electron chi connectivity index (χ1n) is 39.4. The SMILES string of the molecule is CCCCCCCCCC/C=C\CCCCCCCCCCCCCC(=O)OC(COC(=O)CCCCCCCCCCCCCCCCCCCCCCCCCCCCCCCCCCCCCCCCCCC)COP(=O)(O)OCC[N+](C)(C)C. The maximum absolute atomic E-state index is 12.9. The smallest absolute Gasteiger partial charge is 0.462 e. The van der Waals surface area contributed by atoms with Crippen LogP contribution in [0.5, 0.6) is 0 Å². The van der Waals surface area contributed by atoms with Gasteiger partial charge in [0.25, 0.3) is 0 Å². The van der Waals surface area contributed by atoms with Crippen molar-refractivity contribution in [2.45, 2.75) is 431 Å². The Bertz CT molecular complexity index is 1490. The van der Waals surface area contributed by atoms with Gasteiger partial charge in [0.2, 0.25) is 0 Å². The summed E-state index contributed by atoms with van der Waals surface area (Å²) in [7, 11) is 1.50. The number of phosphoric ester groups is 1. The van der Waals surface area contributed by atoms with Crippen LogP contribution in [0.2, 0.25) is 0 Å². The highest BCUT2D eigenvalue weighted by Gasteiger charge is 2.27. The number of carbonyl (C=O) groups excluding carboxylic acids is 2. The van der Waals surface area contributed by atoms with Gasteiger partial charge in [-0.1, -0.05) is 386 Å². The number of likely N-dealkylation sites (N-methyl/N-ethyl adjacent to an activating group) is 1. The van der Waals surface area contributed by atoms with E-state index in [1.807, 2.05) is 21.1 Å². The summed E-state index contributed by atoms with van der Waals surface area (Å²) in [4.78, 5) is 35.9. The van der Waals surface area contributed by atoms with Gasteiger partial charge in [0.05, 0.1) is 27.7 Å². The van der Waals surface area contributed by atoms with E-state index in [-0.39, 0.29) is 25.6 Å². The van der Waals surface area contributed by atoms with Crippen LogP contribution >= 0.6 is 7.82 Å². The van der Waals surface area contributed by atoms with Gasteiger partial charge in [-0.15, -0.1) is 0 Å². The lowest BCUT2D eigenvalue weighted by atomic mass is 10.0. The zero-order valence-corrected chi connectivity index (χ0v) is 60.9. The van der Waals surface area contributed by atoms with Gasteiger partial charge in [-0.05, 0) is 38.5 Å². The molecule has 1 N–H and O–H groups in total. The molecule has 0 radical (unpaired) electrons. The molecule has 0 aromatic carbocycles. The minimum absolute atomic E-state index is 0.0358. The normalized spacial score (nSPS) is 13.0. The molecule has 10 heteroatoms. The molecule has 0 bridgehead atoms. The lowest BCUT2D eigenvalue weighted by molar-refractivity contribution is -0.870. The highest BCUT2D eigenvalue weighted by Crippen LogP contribution is 2.43. The quantitative estimate of drug-likeness (QED) is 0.0211. The molecule has 0 rings (SSSR count). The Morgan fingerprint density at radius 2 is 0.580 bits per heavy atom. The second kappa shape index (κ2) is 70.1. The molecule has 0 heterocycles. The number of unbranched alkanes of at least 4 members (excludes halogenated alkanes) is 59. The Balaban J connectivity index is 3.84. The number of quaternary nitrogens is 1. The van der Waals surface area contributed by atoms with Crippen molar-refractivity contribution in [3.05, 3.63) is 12.2 Å². The minimum atomic E-state index is -4.39. The molecule has 2 atom stereocenters. The average Bonchev–Trinajstić information content (AvgIpc) is 3.68. The van der Waals surface area contributed by atoms with Gasteiger partial charge in [0.1, 0.15) is 19.8 Å². The van der Waals surface area contributed by atoms with Crippen molar-refractivity contribution in [1.82, 2.24) is 0 Å². The molecule has 0 aromatic heterocycles. The molecular formula is C78H155NO8P+. The lowest BCUT2D eigenvalue weighted by Gasteiger charge is -2.24. The fourth-order valence-corrected chi connectivity index (χ4v) is 13.0. The monoisotopic (exact) mass is 1270 g/mol. The van der Waals surface area contributed by atoms with Crippen LogP contribution in [-0.4, -0.2) is 74.9 Å². The topological polar surface area (TPSA) is 108 Å². The molecule has 0 aliphatic carbocycles. The second-order valence-electron chi connectivity index (χ2n) is 28.5. The van der Waals surface area contributed by atoms with Crippen molar-refractivity contribution in [3.8, 4) is 0 Å². The number of carbonyl (C=O) groups is 2. The van der Waals surface area contributed by atoms with Gasteiger partial charge in [-0.2, -0.15) is 0 Å². The van der Waals surface area contributed by atoms with Crippen molar-refractivity contribution >= 4 is 19.8 Å². The Kier molecular flexibility index (Phi) is 69.1. The van der Waals surface area contributed by atoms with Crippen molar-refractivity contribution in [3.63, 3.8) is 0 Å². The van der Waals surface area contributed by atoms with E-state index in [9.17, 15) is 19.0 Å². The maximum atomic E-state index is 12.9. The summed E-state index contributed by atoms with van der Waals surface area (Å²) in [5.41, 5.74) is 0. The van der Waals surface area contributed by atoms with Crippen molar-refractivity contribution < 1.29 is 42.1 Å². The highest BCUT2D eigenvalue weighted by molar-refractivity contribution is 7.47. The number of allylic oxidation sites excluding steroid dienone is 2. The summed E-state index contributed by atoms with van der Waals surface area (Å²) < 4.78 is 34.8. The van der Waals surface area contributed by atoms with Crippen molar-refractivity contribution in [2.24, 2.45) is 0 Å². The molecule has 9 nitrogen and oxygen atoms in total. The number of nitrogens with zero attached hydrogens (tertiary/aromatic N) is 1. The van der Waals surface area contributed by atoms with Gasteiger partial charge in [-0.25, -0.2) is 4.57 Å². The first kappa shape index (κ1) is 86.8. The van der Waals surface area contributed by atoms with Crippen molar-refractivity contribution in [2.75, 3.05) is 47.5 Å². The van der Waals surface area contributed by atoms with Crippen LogP contribution in [-0.2, 0) is 32.7 Å². The molecule has 0 aliphatic rings. The Morgan fingerprint density at radius 3 is 0.841 bits per heavy atom. The fraction of sp³-hybridized carbons (Fsp3) is 0.949. The molecule has 0 aromatic rings. The standard InChI is InChI=1S/C78H154NO8P/c1-6-8-10-12-14-16-18-20-22-24-26-28-30-31-32-33-34-35-36-37-38-39-40-41-42-43-44-45-46-47-49-50-52-54-56-58-60-62-64-66-68-70-77(80)84-74-76(75-86-88(82,83)85-73-72-79(3,4)5)87-78(81)71-69-67-65-63-61-59-57-55-53-51-48-29-27-25-23-21-19-17-15-13-11-9-7-2/h25,27,76H,6-24,26,28-75H2,1-5H3/p+1/b27-25-. The van der Waals surface area contributed by atoms with E-state index in [0.29, 0.717) is 23.9 Å². The lowest BCUT2D eigenvalue weighted by Crippen LogP contribution is -2.37. The van der Waals surface area contributed by atoms with Gasteiger partial charge in [0.15, 0.2) is 6.10 Å². The van der Waals surface area contributed by atoms with E-state index >= 15 is 0 Å². The second-order valence-corrected chi connectivity index (χ2v) is 29.9. The molecule has 0 amide bonds. The molecule has 0 spiro atoms. The molecule has 524 valence electrons. The molecule has 88 heavy (non-hydrogen) atoms. The number of phosphoric acid groups is 1. The van der Waals surface area contributed by atoms with Crippen molar-refractivity contribution in [1.29, 1.82) is 0 Å². The molecule has 0 saturated carbocycles. The number of esters is 2. The maximum Gasteiger partial charge on any atom is 0.472 e. The third-order valence-electron chi connectivity index (χ3n) is 18.3. The molecule has 0 aliphatic heterocycles. The Labute approximate surface area is 549 Å². The van der Waals surface area contributed by atoms with E-state index < -0.39 is 26.5 Å². The minimum Gasteiger partial charge on any atom is -0.462 e. The van der Waals surface area contributed by atoms with Gasteiger partial charge < -0.3 is 18.9 Å². The van der Waals surface area contributed by atoms with E-state index in [0.717, 1.165) is 32.1 Å². The average molecular weight is 1270 g/mol. The van der Waals surface area contributed by atoms with Crippen LogP contribution in [0.25, 0.3) is 0 Å². The number of hydrogen-bond donors (Lipinski definition) is 1. The largest absolute Gasteiger partial charge is 0.472 e. The van der Waals surface area contributed by atoms with E-state index in [1.165, 1.54) is 360 Å². The number of ether oxygens (including phenoxy) is 2. The summed E-state index contributed by atoms with van der Waals surface area (Å²) in [5.74, 6) is -0.772. The van der Waals surface area contributed by atoms with Gasteiger partial charge in [0, 0.05) is 12.8 Å². The van der Waals surface area contributed by atoms with Crippen LogP contribution in [0.15, 0.2) is 12.2 Å². The molecular weight excluding hydrogens is 1110 g/mol. The van der Waals surface area contributed by atoms with Gasteiger partial charge in [-0.3, -0.25) is 18.6 Å². The van der Waals surface area contributed by atoms with Gasteiger partial charge >= 0.3 is 19.8 Å². The number of rotatable bonds is 75. The molecule has 0 saturated heterocycles. The third-order valence-corrected chi connectivity index (χ3v) is 19.3. The molecule has 2 unspecified atom stereocenters. The van der Waals surface area contributed by atoms with Crippen LogP contribution in [0, 0.1) is 0 Å². The van der Waals surface area contributed by atoms with Crippen LogP contribution < -0.4 is 0 Å². The fourth-order valence-electron chi connectivity index (χ4n) is 12.3. The summed E-state index contributed by atoms with van der Waals surface area (Å²) in [6.45, 7) is 4.52. The zero-order chi connectivity index (χ0) is 64.1. The first-order valence-corrected chi connectivity index (χ1v) is 40.9. The number of hydrogen-bond acceptors (Lipinski definition) is 7. The predicted molar refractivity (Wildman–Crippen MR) is 381 cm³/mol. The van der Waals surface area contributed by atoms with Crippen LogP contribution in [0.3, 0.4) is 0 Å². The Hall–Kier alpha value is -1.25. The van der Waals surface area contributed by atoms with E-state index in [4.69, 9.17) is 18.5 Å². The zero-order valence-electron chi connectivity index (χ0n) is 60.0. The Morgan fingerprint density at radius 1 is 0.341 bits per heavy atom.